The van der Waals surface area contributed by atoms with E-state index >= 15 is 0 Å². The van der Waals surface area contributed by atoms with Crippen LogP contribution in [0, 0.1) is 11.7 Å². The Hall–Kier alpha value is -0.840. The Morgan fingerprint density at radius 3 is 2.70 bits per heavy atom. The third-order valence-electron chi connectivity index (χ3n) is 5.36. The van der Waals surface area contributed by atoms with E-state index in [1.54, 1.807) is 24.9 Å². The Morgan fingerprint density at radius 2 is 2.03 bits per heavy atom. The summed E-state index contributed by atoms with van der Waals surface area (Å²) < 4.78 is 13.5. The zero-order valence-corrected chi connectivity index (χ0v) is 21.7. The summed E-state index contributed by atoms with van der Waals surface area (Å²) in [4.78, 5) is 8.36. The highest BCUT2D eigenvalue weighted by molar-refractivity contribution is 14.0. The fraction of sp³-hybridized carbons (Fsp3) is 0.500. The molecule has 4 nitrogen and oxygen atoms in total. The van der Waals surface area contributed by atoms with Crippen molar-refractivity contribution in [1.82, 2.24) is 15.5 Å². The molecule has 1 aromatic heterocycles. The fourth-order valence-corrected chi connectivity index (χ4v) is 4.99. The topological polar surface area (TPSA) is 39.7 Å². The first-order valence-corrected chi connectivity index (χ1v) is 12.4. The Kier molecular flexibility index (Phi) is 11.5. The number of piperidine rings is 1. The SMILES string of the molecule is CN=C(NCc1ccc(F)cc1CSC)NCC1CCN(Cc2cccs2)CC1.I. The number of halogens is 2. The van der Waals surface area contributed by atoms with Crippen LogP contribution < -0.4 is 10.6 Å². The molecule has 2 heterocycles. The van der Waals surface area contributed by atoms with Crippen molar-refractivity contribution in [2.24, 2.45) is 10.9 Å². The summed E-state index contributed by atoms with van der Waals surface area (Å²) in [7, 11) is 1.80. The highest BCUT2D eigenvalue weighted by Gasteiger charge is 2.19. The quantitative estimate of drug-likeness (QED) is 0.272. The Morgan fingerprint density at radius 1 is 1.23 bits per heavy atom. The maximum Gasteiger partial charge on any atom is 0.191 e. The average molecular weight is 563 g/mol. The van der Waals surface area contributed by atoms with E-state index in [9.17, 15) is 4.39 Å². The van der Waals surface area contributed by atoms with Crippen molar-refractivity contribution in [3.63, 3.8) is 0 Å². The van der Waals surface area contributed by atoms with Gasteiger partial charge in [0.15, 0.2) is 5.96 Å². The third kappa shape index (κ3) is 8.01. The van der Waals surface area contributed by atoms with Crippen molar-refractivity contribution < 1.29 is 4.39 Å². The van der Waals surface area contributed by atoms with Crippen LogP contribution >= 0.6 is 47.1 Å². The predicted octanol–water partition coefficient (Wildman–Crippen LogP) is 4.95. The van der Waals surface area contributed by atoms with Crippen LogP contribution in [0.3, 0.4) is 0 Å². The van der Waals surface area contributed by atoms with Gasteiger partial charge in [-0.2, -0.15) is 11.8 Å². The molecule has 1 fully saturated rings. The number of rotatable bonds is 8. The van der Waals surface area contributed by atoms with Gasteiger partial charge < -0.3 is 10.6 Å². The van der Waals surface area contributed by atoms with E-state index in [2.05, 4.69) is 38.0 Å². The molecule has 0 saturated carbocycles. The van der Waals surface area contributed by atoms with Crippen LogP contribution in [0.1, 0.15) is 28.8 Å². The number of thioether (sulfide) groups is 1. The first kappa shape index (κ1) is 25.4. The lowest BCUT2D eigenvalue weighted by Gasteiger charge is -2.32. The smallest absolute Gasteiger partial charge is 0.191 e. The largest absolute Gasteiger partial charge is 0.356 e. The molecule has 166 valence electrons. The number of likely N-dealkylation sites (tertiary alicyclic amines) is 1. The molecule has 1 aliphatic heterocycles. The lowest BCUT2D eigenvalue weighted by molar-refractivity contribution is 0.179. The third-order valence-corrected chi connectivity index (χ3v) is 6.82. The number of thiophene rings is 1. The van der Waals surface area contributed by atoms with E-state index in [1.165, 1.54) is 23.8 Å². The standard InChI is InChI=1S/C22H31FN4S2.HI/c1-24-22(26-14-18-5-6-20(23)12-19(18)16-28-2)25-13-17-7-9-27(10-8-17)15-21-4-3-11-29-21;/h3-6,11-12,17H,7-10,13-16H2,1-2H3,(H2,24,25,26);1H. The summed E-state index contributed by atoms with van der Waals surface area (Å²) in [5.74, 6) is 2.12. The summed E-state index contributed by atoms with van der Waals surface area (Å²) in [5.41, 5.74) is 2.16. The van der Waals surface area contributed by atoms with Gasteiger partial charge in [0.05, 0.1) is 0 Å². The summed E-state index contributed by atoms with van der Waals surface area (Å²) >= 11 is 3.55. The molecule has 0 aliphatic carbocycles. The molecule has 30 heavy (non-hydrogen) atoms. The first-order chi connectivity index (χ1) is 14.2. The molecule has 0 unspecified atom stereocenters. The summed E-state index contributed by atoms with van der Waals surface area (Å²) in [5, 5.41) is 9.01. The number of hydrogen-bond acceptors (Lipinski definition) is 4. The van der Waals surface area contributed by atoms with Gasteiger partial charge in [0.25, 0.3) is 0 Å². The molecule has 2 aromatic rings. The molecule has 2 N–H and O–H groups in total. The number of hydrogen-bond donors (Lipinski definition) is 2. The molecule has 1 aromatic carbocycles. The summed E-state index contributed by atoms with van der Waals surface area (Å²) in [6.45, 7) is 4.98. The zero-order chi connectivity index (χ0) is 20.5. The highest BCUT2D eigenvalue weighted by atomic mass is 127. The average Bonchev–Trinajstić information content (AvgIpc) is 3.24. The van der Waals surface area contributed by atoms with E-state index in [-0.39, 0.29) is 29.8 Å². The minimum Gasteiger partial charge on any atom is -0.356 e. The number of benzene rings is 1. The van der Waals surface area contributed by atoms with Gasteiger partial charge in [-0.1, -0.05) is 12.1 Å². The van der Waals surface area contributed by atoms with E-state index in [1.807, 2.05) is 23.7 Å². The van der Waals surface area contributed by atoms with Crippen molar-refractivity contribution in [2.75, 3.05) is 32.9 Å². The van der Waals surface area contributed by atoms with Crippen molar-refractivity contribution in [2.45, 2.75) is 31.7 Å². The number of nitrogens with zero attached hydrogens (tertiary/aromatic N) is 2. The molecule has 8 heteroatoms. The maximum absolute atomic E-state index is 13.5. The van der Waals surface area contributed by atoms with Gasteiger partial charge in [-0.05, 0) is 72.8 Å². The van der Waals surface area contributed by atoms with E-state index < -0.39 is 0 Å². The molecule has 0 bridgehead atoms. The lowest BCUT2D eigenvalue weighted by Crippen LogP contribution is -2.42. The lowest BCUT2D eigenvalue weighted by atomic mass is 9.97. The van der Waals surface area contributed by atoms with Crippen LogP contribution in [-0.4, -0.2) is 43.8 Å². The number of guanidine groups is 1. The van der Waals surface area contributed by atoms with Crippen LogP contribution in [0.25, 0.3) is 0 Å². The fourth-order valence-electron chi connectivity index (χ4n) is 3.67. The minimum atomic E-state index is -0.175. The Labute approximate surface area is 205 Å². The van der Waals surface area contributed by atoms with E-state index in [0.29, 0.717) is 12.5 Å². The second-order valence-electron chi connectivity index (χ2n) is 7.45. The molecule has 1 saturated heterocycles. The minimum absolute atomic E-state index is 0. The molecule has 1 aliphatic rings. The highest BCUT2D eigenvalue weighted by Crippen LogP contribution is 2.20. The van der Waals surface area contributed by atoms with Crippen LogP contribution in [0.2, 0.25) is 0 Å². The van der Waals surface area contributed by atoms with Gasteiger partial charge in [-0.15, -0.1) is 35.3 Å². The van der Waals surface area contributed by atoms with Crippen LogP contribution in [-0.2, 0) is 18.8 Å². The summed E-state index contributed by atoms with van der Waals surface area (Å²) in [6.07, 6.45) is 4.46. The van der Waals surface area contributed by atoms with Gasteiger partial charge in [0, 0.05) is 37.3 Å². The molecular formula is C22H32FIN4S2. The van der Waals surface area contributed by atoms with E-state index in [0.717, 1.165) is 49.0 Å². The van der Waals surface area contributed by atoms with Crippen LogP contribution in [0.4, 0.5) is 4.39 Å². The predicted molar refractivity (Wildman–Crippen MR) is 140 cm³/mol. The van der Waals surface area contributed by atoms with Crippen LogP contribution in [0.5, 0.6) is 0 Å². The molecule has 0 amide bonds. The van der Waals surface area contributed by atoms with Gasteiger partial charge in [-0.25, -0.2) is 4.39 Å². The van der Waals surface area contributed by atoms with Gasteiger partial charge in [-0.3, -0.25) is 9.89 Å². The van der Waals surface area contributed by atoms with Crippen molar-refractivity contribution in [3.8, 4) is 0 Å². The molecule has 0 spiro atoms. The number of aliphatic imine (C=N–C) groups is 1. The van der Waals surface area contributed by atoms with Crippen molar-refractivity contribution in [1.29, 1.82) is 0 Å². The second-order valence-corrected chi connectivity index (χ2v) is 9.35. The van der Waals surface area contributed by atoms with Crippen LogP contribution in [0.15, 0.2) is 40.7 Å². The van der Waals surface area contributed by atoms with Gasteiger partial charge in [0.2, 0.25) is 0 Å². The van der Waals surface area contributed by atoms with Gasteiger partial charge >= 0.3 is 0 Å². The second kappa shape index (κ2) is 13.5. The molecule has 0 radical (unpaired) electrons. The first-order valence-electron chi connectivity index (χ1n) is 10.1. The monoisotopic (exact) mass is 562 g/mol. The Bertz CT molecular complexity index is 777. The van der Waals surface area contributed by atoms with Crippen molar-refractivity contribution >= 4 is 53.0 Å². The molecule has 0 atom stereocenters. The summed E-state index contributed by atoms with van der Waals surface area (Å²) in [6, 6.07) is 9.38. The molecular weight excluding hydrogens is 530 g/mol. The van der Waals surface area contributed by atoms with E-state index in [4.69, 9.17) is 0 Å². The maximum atomic E-state index is 13.5. The number of nitrogens with one attached hydrogen (secondary N) is 2. The van der Waals surface area contributed by atoms with Crippen molar-refractivity contribution in [3.05, 3.63) is 57.5 Å². The Balaban J connectivity index is 0.00000320. The normalized spacial score (nSPS) is 15.6. The van der Waals surface area contributed by atoms with Gasteiger partial charge in [0.1, 0.15) is 5.82 Å². The zero-order valence-electron chi connectivity index (χ0n) is 17.7. The molecule has 3 rings (SSSR count).